The van der Waals surface area contributed by atoms with Crippen LogP contribution in [0, 0.1) is 0 Å². The first-order valence-corrected chi connectivity index (χ1v) is 7.98. The molecule has 0 bridgehead atoms. The van der Waals surface area contributed by atoms with Gasteiger partial charge in [0.05, 0.1) is 0 Å². The van der Waals surface area contributed by atoms with Gasteiger partial charge in [-0.1, -0.05) is 0 Å². The third kappa shape index (κ3) is 2.68. The second-order valence-electron chi connectivity index (χ2n) is 6.16. The van der Waals surface area contributed by atoms with Crippen LogP contribution in [-0.2, 0) is 25.9 Å². The molecule has 0 atom stereocenters. The fourth-order valence-electron chi connectivity index (χ4n) is 3.19. The molecule has 24 heavy (non-hydrogen) atoms. The van der Waals surface area contributed by atoms with Crippen LogP contribution in [0.25, 0.3) is 6.08 Å². The topological polar surface area (TPSA) is 71.8 Å². The Labute approximate surface area is 139 Å². The van der Waals surface area contributed by atoms with Crippen LogP contribution >= 0.6 is 0 Å². The maximum absolute atomic E-state index is 11.9. The summed E-state index contributed by atoms with van der Waals surface area (Å²) < 4.78 is 2.17. The van der Waals surface area contributed by atoms with Gasteiger partial charge in [-0.3, -0.25) is 0 Å². The molecule has 1 fully saturated rings. The van der Waals surface area contributed by atoms with E-state index >= 15 is 0 Å². The fraction of sp³-hybridized carbons (Fsp3) is 0.375. The summed E-state index contributed by atoms with van der Waals surface area (Å²) in [5.74, 6) is -1.44. The Morgan fingerprint density at radius 3 is 2.83 bits per heavy atom. The molecule has 0 N–H and O–H groups in total. The van der Waals surface area contributed by atoms with Crippen molar-refractivity contribution >= 4 is 36.2 Å². The van der Waals surface area contributed by atoms with Gasteiger partial charge in [0, 0.05) is 0 Å². The second kappa shape index (κ2) is 5.77. The zero-order chi connectivity index (χ0) is 16.7. The standard InChI is InChI=1S/C16H16BN3O4/c21-14-4-5-15(22)20(14)24-16(23)6-3-11-9-19-10-18-7-1-2-12(18)8-13(19)17-11/h1-2,7-8H,3-6,9-10H2. The van der Waals surface area contributed by atoms with Gasteiger partial charge in [0.25, 0.3) is 0 Å². The third-order valence-electron chi connectivity index (χ3n) is 4.44. The Balaban J connectivity index is 1.34. The Hall–Kier alpha value is -2.64. The van der Waals surface area contributed by atoms with Gasteiger partial charge in [0.15, 0.2) is 0 Å². The van der Waals surface area contributed by atoms with E-state index < -0.39 is 17.8 Å². The van der Waals surface area contributed by atoms with E-state index in [1.54, 1.807) is 0 Å². The monoisotopic (exact) mass is 325 g/mol. The van der Waals surface area contributed by atoms with Gasteiger partial charge >= 0.3 is 139 Å². The van der Waals surface area contributed by atoms with E-state index in [9.17, 15) is 14.4 Å². The summed E-state index contributed by atoms with van der Waals surface area (Å²) in [6.45, 7) is 3.67. The third-order valence-corrected chi connectivity index (χ3v) is 4.44. The minimum absolute atomic E-state index is 0.112. The van der Waals surface area contributed by atoms with Crippen LogP contribution in [0.15, 0.2) is 23.9 Å². The van der Waals surface area contributed by atoms with E-state index in [1.165, 1.54) is 5.69 Å². The summed E-state index contributed by atoms with van der Waals surface area (Å²) in [5, 5.41) is 0.602. The number of aromatic nitrogens is 1. The van der Waals surface area contributed by atoms with Crippen LogP contribution in [-0.4, -0.2) is 51.2 Å². The molecule has 1 saturated heterocycles. The van der Waals surface area contributed by atoms with Gasteiger partial charge in [0.1, 0.15) is 0 Å². The first-order chi connectivity index (χ1) is 11.6. The van der Waals surface area contributed by atoms with Crippen molar-refractivity contribution in [1.82, 2.24) is 14.5 Å². The number of hydroxylamine groups is 2. The maximum atomic E-state index is 11.9. The average Bonchev–Trinajstić information content (AvgIpc) is 3.24. The summed E-state index contributed by atoms with van der Waals surface area (Å²) >= 11 is 0. The summed E-state index contributed by atoms with van der Waals surface area (Å²) in [7, 11) is 0. The molecule has 0 radical (unpaired) electrons. The predicted molar refractivity (Wildman–Crippen MR) is 86.3 cm³/mol. The Kier molecular flexibility index (Phi) is 3.59. The van der Waals surface area contributed by atoms with E-state index in [1.807, 2.05) is 12.3 Å². The molecule has 1 aromatic heterocycles. The molecule has 0 saturated carbocycles. The first kappa shape index (κ1) is 14.9. The van der Waals surface area contributed by atoms with Gasteiger partial charge in [-0.2, -0.15) is 0 Å². The zero-order valence-corrected chi connectivity index (χ0v) is 13.1. The number of rotatable bonds is 4. The normalized spacial score (nSPS) is 18.8. The van der Waals surface area contributed by atoms with E-state index in [-0.39, 0.29) is 19.3 Å². The van der Waals surface area contributed by atoms with Crippen molar-refractivity contribution in [3.8, 4) is 0 Å². The summed E-state index contributed by atoms with van der Waals surface area (Å²) in [6, 6.07) is 4.09. The number of amides is 2. The molecule has 0 aliphatic carbocycles. The van der Waals surface area contributed by atoms with Crippen LogP contribution in [0.5, 0.6) is 0 Å². The summed E-state index contributed by atoms with van der Waals surface area (Å²) in [6.07, 6.45) is 5.09. The Morgan fingerprint density at radius 1 is 1.25 bits per heavy atom. The molecular weight excluding hydrogens is 309 g/mol. The molecule has 3 aliphatic rings. The van der Waals surface area contributed by atoms with Crippen molar-refractivity contribution in [1.29, 1.82) is 0 Å². The molecule has 8 heteroatoms. The van der Waals surface area contributed by atoms with Gasteiger partial charge in [-0.25, -0.2) is 0 Å². The quantitative estimate of drug-likeness (QED) is 0.590. The summed E-state index contributed by atoms with van der Waals surface area (Å²) in [4.78, 5) is 41.9. The fourth-order valence-corrected chi connectivity index (χ4v) is 3.19. The van der Waals surface area contributed by atoms with Crippen molar-refractivity contribution in [3.63, 3.8) is 0 Å². The van der Waals surface area contributed by atoms with E-state index in [0.29, 0.717) is 11.5 Å². The number of hydrogen-bond donors (Lipinski definition) is 0. The molecule has 4 rings (SSSR count). The molecular formula is C16H16BN3O4. The number of carbonyl (C=O) groups excluding carboxylic acids is 3. The minimum atomic E-state index is -0.551. The molecule has 0 spiro atoms. The molecule has 0 unspecified atom stereocenters. The average molecular weight is 325 g/mol. The molecule has 7 nitrogen and oxygen atoms in total. The SMILES string of the molecule is O=C(CCC1=BC2=Cc3cccn3CN2C1)ON1C(=O)CCC1=O. The molecule has 1 aromatic rings. The van der Waals surface area contributed by atoms with Crippen LogP contribution in [0.4, 0.5) is 0 Å². The van der Waals surface area contributed by atoms with Crippen LogP contribution in [0.3, 0.4) is 0 Å². The van der Waals surface area contributed by atoms with E-state index in [4.69, 9.17) is 4.84 Å². The van der Waals surface area contributed by atoms with Crippen LogP contribution in [0.1, 0.15) is 31.4 Å². The van der Waals surface area contributed by atoms with Crippen molar-refractivity contribution in [2.24, 2.45) is 0 Å². The molecule has 4 heterocycles. The summed E-state index contributed by atoms with van der Waals surface area (Å²) in [5.41, 5.74) is 3.46. The van der Waals surface area contributed by atoms with Gasteiger partial charge < -0.3 is 0 Å². The van der Waals surface area contributed by atoms with Crippen LogP contribution < -0.4 is 0 Å². The van der Waals surface area contributed by atoms with E-state index in [0.717, 1.165) is 24.3 Å². The van der Waals surface area contributed by atoms with Gasteiger partial charge in [-0.15, -0.1) is 0 Å². The number of carbonyl (C=O) groups is 3. The number of nitrogens with zero attached hydrogens (tertiary/aromatic N) is 3. The van der Waals surface area contributed by atoms with Crippen molar-refractivity contribution in [3.05, 3.63) is 29.6 Å². The zero-order valence-electron chi connectivity index (χ0n) is 13.1. The predicted octanol–water partition coefficient (Wildman–Crippen LogP) is 0.337. The van der Waals surface area contributed by atoms with E-state index in [2.05, 4.69) is 28.5 Å². The number of hydrogen-bond acceptors (Lipinski definition) is 5. The van der Waals surface area contributed by atoms with Crippen molar-refractivity contribution < 1.29 is 19.2 Å². The second-order valence-corrected chi connectivity index (χ2v) is 6.16. The molecule has 122 valence electrons. The van der Waals surface area contributed by atoms with Gasteiger partial charge in [-0.05, 0) is 0 Å². The number of imide groups is 1. The van der Waals surface area contributed by atoms with Crippen molar-refractivity contribution in [2.75, 3.05) is 6.54 Å². The Bertz CT molecular complexity index is 779. The first-order valence-electron chi connectivity index (χ1n) is 7.98. The molecule has 2 amide bonds. The van der Waals surface area contributed by atoms with Crippen molar-refractivity contribution in [2.45, 2.75) is 32.4 Å². The number of fused-ring (bicyclic) bond motifs is 2. The van der Waals surface area contributed by atoms with Crippen LogP contribution in [0.2, 0.25) is 0 Å². The Morgan fingerprint density at radius 2 is 2.04 bits per heavy atom. The molecule has 3 aliphatic heterocycles. The molecule has 0 aromatic carbocycles. The van der Waals surface area contributed by atoms with Gasteiger partial charge in [0.2, 0.25) is 0 Å².